The van der Waals surface area contributed by atoms with Crippen molar-refractivity contribution in [3.63, 3.8) is 0 Å². The van der Waals surface area contributed by atoms with E-state index < -0.39 is 0 Å². The van der Waals surface area contributed by atoms with Gasteiger partial charge in [-0.05, 0) is 31.2 Å². The van der Waals surface area contributed by atoms with Crippen molar-refractivity contribution < 1.29 is 9.47 Å². The number of ether oxygens (including phenoxy) is 2. The molecule has 25 heavy (non-hydrogen) atoms. The monoisotopic (exact) mass is 338 g/mol. The topological polar surface area (TPSA) is 89.1 Å². The second-order valence-corrected chi connectivity index (χ2v) is 5.10. The molecule has 3 aromatic rings. The molecule has 0 saturated heterocycles. The van der Waals surface area contributed by atoms with Crippen molar-refractivity contribution in [3.8, 4) is 23.0 Å². The number of methoxy groups -OCH3 is 1. The van der Waals surface area contributed by atoms with Gasteiger partial charge in [-0.2, -0.15) is 0 Å². The SMILES string of the molecule is CCOc1cccc(Nc2nc(-c3ccccn3)[nH]c(=O)c2OC)c1. The third kappa shape index (κ3) is 3.77. The number of anilines is 2. The third-order valence-electron chi connectivity index (χ3n) is 3.40. The van der Waals surface area contributed by atoms with Crippen LogP contribution >= 0.6 is 0 Å². The summed E-state index contributed by atoms with van der Waals surface area (Å²) in [4.78, 5) is 23.7. The first-order chi connectivity index (χ1) is 12.2. The maximum atomic E-state index is 12.3. The first kappa shape index (κ1) is 16.5. The summed E-state index contributed by atoms with van der Waals surface area (Å²) >= 11 is 0. The van der Waals surface area contributed by atoms with Gasteiger partial charge in [-0.3, -0.25) is 9.78 Å². The number of nitrogens with one attached hydrogen (secondary N) is 2. The van der Waals surface area contributed by atoms with E-state index in [0.717, 1.165) is 11.4 Å². The van der Waals surface area contributed by atoms with E-state index in [1.807, 2.05) is 37.3 Å². The molecule has 0 aliphatic rings. The molecular formula is C18H18N4O3. The van der Waals surface area contributed by atoms with Crippen molar-refractivity contribution in [1.29, 1.82) is 0 Å². The molecule has 7 heteroatoms. The lowest BCUT2D eigenvalue weighted by Crippen LogP contribution is -2.15. The fraction of sp³-hybridized carbons (Fsp3) is 0.167. The Morgan fingerprint density at radius 1 is 1.20 bits per heavy atom. The molecule has 0 bridgehead atoms. The molecule has 0 unspecified atom stereocenters. The van der Waals surface area contributed by atoms with Crippen molar-refractivity contribution in [2.24, 2.45) is 0 Å². The van der Waals surface area contributed by atoms with Gasteiger partial charge in [0.15, 0.2) is 11.6 Å². The number of aromatic amines is 1. The first-order valence-corrected chi connectivity index (χ1v) is 7.81. The summed E-state index contributed by atoms with van der Waals surface area (Å²) in [5, 5.41) is 3.11. The molecule has 2 heterocycles. The van der Waals surface area contributed by atoms with Crippen LogP contribution in [0.15, 0.2) is 53.5 Å². The molecule has 0 fully saturated rings. The van der Waals surface area contributed by atoms with E-state index >= 15 is 0 Å². The highest BCUT2D eigenvalue weighted by atomic mass is 16.5. The molecule has 2 aromatic heterocycles. The summed E-state index contributed by atoms with van der Waals surface area (Å²) in [7, 11) is 1.43. The lowest BCUT2D eigenvalue weighted by atomic mass is 10.3. The Kier molecular flexibility index (Phi) is 4.94. The van der Waals surface area contributed by atoms with Gasteiger partial charge in [0.25, 0.3) is 5.56 Å². The van der Waals surface area contributed by atoms with Crippen molar-refractivity contribution in [3.05, 3.63) is 59.0 Å². The predicted octanol–water partition coefficient (Wildman–Crippen LogP) is 2.98. The van der Waals surface area contributed by atoms with Crippen LogP contribution < -0.4 is 20.3 Å². The second kappa shape index (κ2) is 7.48. The van der Waals surface area contributed by atoms with Crippen LogP contribution in [0.4, 0.5) is 11.5 Å². The summed E-state index contributed by atoms with van der Waals surface area (Å²) in [6.07, 6.45) is 1.64. The average molecular weight is 338 g/mol. The van der Waals surface area contributed by atoms with Crippen LogP contribution in [0.3, 0.4) is 0 Å². The van der Waals surface area contributed by atoms with Gasteiger partial charge in [0.2, 0.25) is 5.75 Å². The van der Waals surface area contributed by atoms with Gasteiger partial charge in [0.1, 0.15) is 11.4 Å². The zero-order chi connectivity index (χ0) is 17.6. The van der Waals surface area contributed by atoms with Crippen LogP contribution in [-0.4, -0.2) is 28.7 Å². The largest absolute Gasteiger partial charge is 0.494 e. The van der Waals surface area contributed by atoms with E-state index in [4.69, 9.17) is 9.47 Å². The molecule has 1 aromatic carbocycles. The van der Waals surface area contributed by atoms with Crippen LogP contribution in [0, 0.1) is 0 Å². The van der Waals surface area contributed by atoms with Crippen LogP contribution in [0.1, 0.15) is 6.92 Å². The van der Waals surface area contributed by atoms with Gasteiger partial charge < -0.3 is 19.8 Å². The Balaban J connectivity index is 2.01. The highest BCUT2D eigenvalue weighted by Crippen LogP contribution is 2.26. The van der Waals surface area contributed by atoms with E-state index in [1.54, 1.807) is 18.3 Å². The standard InChI is InChI=1S/C18H18N4O3/c1-3-25-13-8-6-7-12(11-13)20-17-15(24-2)18(23)22-16(21-17)14-9-4-5-10-19-14/h4-11H,3H2,1-2H3,(H2,20,21,22,23). The molecule has 0 aliphatic carbocycles. The molecule has 7 nitrogen and oxygen atoms in total. The summed E-state index contributed by atoms with van der Waals surface area (Å²) in [5.74, 6) is 1.48. The number of hydrogen-bond acceptors (Lipinski definition) is 6. The molecule has 0 saturated carbocycles. The Morgan fingerprint density at radius 2 is 2.08 bits per heavy atom. The fourth-order valence-electron chi connectivity index (χ4n) is 2.33. The highest BCUT2D eigenvalue weighted by Gasteiger charge is 2.14. The molecule has 0 aliphatic heterocycles. The second-order valence-electron chi connectivity index (χ2n) is 5.10. The minimum Gasteiger partial charge on any atom is -0.494 e. The molecule has 3 rings (SSSR count). The molecule has 0 atom stereocenters. The van der Waals surface area contributed by atoms with Crippen LogP contribution in [-0.2, 0) is 0 Å². The minimum atomic E-state index is -0.387. The molecule has 128 valence electrons. The van der Waals surface area contributed by atoms with Crippen molar-refractivity contribution in [1.82, 2.24) is 15.0 Å². The lowest BCUT2D eigenvalue weighted by Gasteiger charge is -2.12. The molecular weight excluding hydrogens is 320 g/mol. The molecule has 0 radical (unpaired) electrons. The average Bonchev–Trinajstić information content (AvgIpc) is 2.63. The minimum absolute atomic E-state index is 0.0986. The molecule has 0 spiro atoms. The highest BCUT2D eigenvalue weighted by molar-refractivity contribution is 5.65. The Labute approximate surface area is 144 Å². The normalized spacial score (nSPS) is 10.3. The number of nitrogens with zero attached hydrogens (tertiary/aromatic N) is 2. The summed E-state index contributed by atoms with van der Waals surface area (Å²) < 4.78 is 10.7. The summed E-state index contributed by atoms with van der Waals surface area (Å²) in [6.45, 7) is 2.49. The number of aromatic nitrogens is 3. The smallest absolute Gasteiger partial charge is 0.295 e. The number of rotatable bonds is 6. The van der Waals surface area contributed by atoms with E-state index in [1.165, 1.54) is 7.11 Å². The van der Waals surface area contributed by atoms with Gasteiger partial charge in [-0.1, -0.05) is 12.1 Å². The third-order valence-corrected chi connectivity index (χ3v) is 3.40. The summed E-state index contributed by atoms with van der Waals surface area (Å²) in [6, 6.07) is 12.8. The Morgan fingerprint density at radius 3 is 2.80 bits per heavy atom. The fourth-order valence-corrected chi connectivity index (χ4v) is 2.33. The van der Waals surface area contributed by atoms with Gasteiger partial charge in [-0.15, -0.1) is 0 Å². The molecule has 0 amide bonds. The Bertz CT molecular complexity index is 910. The van der Waals surface area contributed by atoms with Crippen molar-refractivity contribution >= 4 is 11.5 Å². The number of hydrogen-bond donors (Lipinski definition) is 2. The van der Waals surface area contributed by atoms with Crippen molar-refractivity contribution in [2.75, 3.05) is 19.0 Å². The van der Waals surface area contributed by atoms with E-state index in [9.17, 15) is 4.79 Å². The molecule has 2 N–H and O–H groups in total. The zero-order valence-corrected chi connectivity index (χ0v) is 13.9. The maximum absolute atomic E-state index is 12.3. The lowest BCUT2D eigenvalue weighted by molar-refractivity contribution is 0.340. The van der Waals surface area contributed by atoms with Crippen LogP contribution in [0.2, 0.25) is 0 Å². The van der Waals surface area contributed by atoms with Gasteiger partial charge in [0.05, 0.1) is 13.7 Å². The van der Waals surface area contributed by atoms with E-state index in [0.29, 0.717) is 23.9 Å². The first-order valence-electron chi connectivity index (χ1n) is 7.81. The zero-order valence-electron chi connectivity index (χ0n) is 13.9. The van der Waals surface area contributed by atoms with E-state index in [2.05, 4.69) is 20.3 Å². The number of pyridine rings is 1. The van der Waals surface area contributed by atoms with Gasteiger partial charge in [-0.25, -0.2) is 4.98 Å². The Hall–Kier alpha value is -3.35. The number of benzene rings is 1. The number of H-pyrrole nitrogens is 1. The van der Waals surface area contributed by atoms with Gasteiger partial charge >= 0.3 is 0 Å². The van der Waals surface area contributed by atoms with Crippen LogP contribution in [0.5, 0.6) is 11.5 Å². The van der Waals surface area contributed by atoms with Crippen molar-refractivity contribution in [2.45, 2.75) is 6.92 Å². The van der Waals surface area contributed by atoms with E-state index in [-0.39, 0.29) is 11.3 Å². The predicted molar refractivity (Wildman–Crippen MR) is 95.5 cm³/mol. The summed E-state index contributed by atoms with van der Waals surface area (Å²) in [5.41, 5.74) is 0.907. The maximum Gasteiger partial charge on any atom is 0.295 e. The van der Waals surface area contributed by atoms with Gasteiger partial charge in [0, 0.05) is 18.0 Å². The quantitative estimate of drug-likeness (QED) is 0.718. The van der Waals surface area contributed by atoms with Crippen LogP contribution in [0.25, 0.3) is 11.5 Å².